The fraction of sp³-hybridized carbons (Fsp3) is 0.522. The molecular weight excluding hydrogens is 436 g/mol. The quantitative estimate of drug-likeness (QED) is 0.616. The molecule has 1 aliphatic carbocycles. The highest BCUT2D eigenvalue weighted by molar-refractivity contribution is 7.10. The lowest BCUT2D eigenvalue weighted by atomic mass is 9.63. The lowest BCUT2D eigenvalue weighted by molar-refractivity contribution is -0.145. The second-order valence-electron chi connectivity index (χ2n) is 8.65. The summed E-state index contributed by atoms with van der Waals surface area (Å²) in [5.74, 6) is -1.31. The number of thiazole rings is 1. The molecule has 1 aromatic heterocycles. The lowest BCUT2D eigenvalue weighted by Crippen LogP contribution is -2.55. The fourth-order valence-corrected chi connectivity index (χ4v) is 6.62. The van der Waals surface area contributed by atoms with Gasteiger partial charge in [-0.3, -0.25) is 9.59 Å². The molecule has 1 aromatic carbocycles. The first kappa shape index (κ1) is 22.2. The first-order valence-corrected chi connectivity index (χ1v) is 12.1. The molecule has 1 saturated carbocycles. The molecule has 8 heteroatoms. The first-order valence-electron chi connectivity index (χ1n) is 10.8. The van der Waals surface area contributed by atoms with Crippen LogP contribution in [-0.4, -0.2) is 39.7 Å². The van der Waals surface area contributed by atoms with E-state index in [0.29, 0.717) is 28.6 Å². The van der Waals surface area contributed by atoms with E-state index in [1.807, 2.05) is 23.6 Å². The summed E-state index contributed by atoms with van der Waals surface area (Å²) in [5.41, 5.74) is 0.150. The minimum atomic E-state index is -1.26. The van der Waals surface area contributed by atoms with Crippen molar-refractivity contribution in [1.82, 2.24) is 10.3 Å². The van der Waals surface area contributed by atoms with Crippen molar-refractivity contribution in [3.63, 3.8) is 0 Å². The summed E-state index contributed by atoms with van der Waals surface area (Å²) in [6, 6.07) is 7.37. The van der Waals surface area contributed by atoms with Gasteiger partial charge in [-0.2, -0.15) is 0 Å². The molecule has 0 unspecified atom stereocenters. The molecule has 4 rings (SSSR count). The molecule has 1 amide bonds. The van der Waals surface area contributed by atoms with E-state index in [0.717, 1.165) is 31.2 Å². The van der Waals surface area contributed by atoms with E-state index < -0.39 is 17.5 Å². The van der Waals surface area contributed by atoms with Crippen LogP contribution in [0.3, 0.4) is 0 Å². The van der Waals surface area contributed by atoms with Crippen molar-refractivity contribution in [3.8, 4) is 11.3 Å². The van der Waals surface area contributed by atoms with Gasteiger partial charge in [0.1, 0.15) is 10.4 Å². The number of aliphatic hydroxyl groups is 1. The number of rotatable bonds is 5. The predicted octanol–water partition coefficient (Wildman–Crippen LogP) is 4.25. The van der Waals surface area contributed by atoms with Crippen molar-refractivity contribution in [2.24, 2.45) is 11.8 Å². The lowest BCUT2D eigenvalue weighted by Gasteiger charge is -2.42. The average Bonchev–Trinajstić information content (AvgIpc) is 3.43. The van der Waals surface area contributed by atoms with Crippen LogP contribution in [0.4, 0.5) is 0 Å². The minimum absolute atomic E-state index is 0.125. The smallest absolute Gasteiger partial charge is 0.304 e. The van der Waals surface area contributed by atoms with Gasteiger partial charge in [-0.1, -0.05) is 55.5 Å². The summed E-state index contributed by atoms with van der Waals surface area (Å²) in [4.78, 5) is 30.5. The van der Waals surface area contributed by atoms with E-state index in [4.69, 9.17) is 16.6 Å². The molecular formula is C23H27ClN2O4S. The number of hydrogen-bond acceptors (Lipinski definition) is 5. The van der Waals surface area contributed by atoms with Gasteiger partial charge in [0.25, 0.3) is 0 Å². The number of aliphatic carboxylic acids is 1. The Balaban J connectivity index is 1.84. The van der Waals surface area contributed by atoms with E-state index in [2.05, 4.69) is 5.32 Å². The van der Waals surface area contributed by atoms with Gasteiger partial charge < -0.3 is 15.5 Å². The van der Waals surface area contributed by atoms with Gasteiger partial charge in [0.05, 0.1) is 18.2 Å². The molecule has 1 saturated heterocycles. The number of carbonyl (C=O) groups excluding carboxylic acids is 1. The van der Waals surface area contributed by atoms with Crippen LogP contribution in [0.25, 0.3) is 11.3 Å². The number of β-amino-alcohol motifs (C(OH)–C–C–N with tert-alkyl or cyclic N) is 1. The van der Waals surface area contributed by atoms with Crippen LogP contribution in [0.1, 0.15) is 50.0 Å². The van der Waals surface area contributed by atoms with Gasteiger partial charge >= 0.3 is 5.97 Å². The Hall–Kier alpha value is -1.96. The molecule has 6 nitrogen and oxygen atoms in total. The monoisotopic (exact) mass is 462 g/mol. The van der Waals surface area contributed by atoms with Crippen LogP contribution >= 0.6 is 22.9 Å². The maximum absolute atomic E-state index is 13.6. The number of nitrogens with zero attached hydrogens (tertiary/aromatic N) is 1. The van der Waals surface area contributed by atoms with Crippen LogP contribution in [0, 0.1) is 11.8 Å². The number of hydrogen-bond donors (Lipinski definition) is 3. The number of benzene rings is 1. The zero-order chi connectivity index (χ0) is 22.0. The number of aromatic nitrogens is 1. The Kier molecular flexibility index (Phi) is 6.65. The van der Waals surface area contributed by atoms with E-state index in [1.165, 1.54) is 11.3 Å². The van der Waals surface area contributed by atoms with Gasteiger partial charge in [0.15, 0.2) is 0 Å². The van der Waals surface area contributed by atoms with Crippen LogP contribution < -0.4 is 5.32 Å². The third-order valence-electron chi connectivity index (χ3n) is 6.78. The molecule has 3 N–H and O–H groups in total. The zero-order valence-electron chi connectivity index (χ0n) is 17.2. The second-order valence-corrected chi connectivity index (χ2v) is 9.92. The first-order chi connectivity index (χ1) is 14.9. The van der Waals surface area contributed by atoms with E-state index in [-0.39, 0.29) is 30.7 Å². The molecule has 1 aliphatic heterocycles. The van der Waals surface area contributed by atoms with Crippen LogP contribution in [0.5, 0.6) is 0 Å². The summed E-state index contributed by atoms with van der Waals surface area (Å²) in [6.07, 6.45) is 4.31. The summed E-state index contributed by atoms with van der Waals surface area (Å²) >= 11 is 7.69. The summed E-state index contributed by atoms with van der Waals surface area (Å²) < 4.78 is 0. The summed E-state index contributed by atoms with van der Waals surface area (Å²) in [7, 11) is 0. The highest BCUT2D eigenvalue weighted by Gasteiger charge is 2.54. The molecule has 3 atom stereocenters. The Morgan fingerprint density at radius 2 is 1.97 bits per heavy atom. The summed E-state index contributed by atoms with van der Waals surface area (Å²) in [5, 5.41) is 25.9. The van der Waals surface area contributed by atoms with E-state index in [1.54, 1.807) is 6.07 Å². The summed E-state index contributed by atoms with van der Waals surface area (Å²) in [6.45, 7) is 0.125. The largest absolute Gasteiger partial charge is 0.481 e. The number of nitrogens with one attached hydrogen (secondary N) is 1. The molecule has 31 heavy (non-hydrogen) atoms. The van der Waals surface area contributed by atoms with Crippen LogP contribution in [0.2, 0.25) is 5.02 Å². The van der Waals surface area contributed by atoms with Gasteiger partial charge in [-0.25, -0.2) is 4.98 Å². The Morgan fingerprint density at radius 3 is 2.68 bits per heavy atom. The molecule has 2 aromatic rings. The Labute approximate surface area is 190 Å². The Morgan fingerprint density at radius 1 is 1.23 bits per heavy atom. The number of amides is 1. The number of aliphatic hydroxyl groups excluding tert-OH is 1. The van der Waals surface area contributed by atoms with E-state index in [9.17, 15) is 19.8 Å². The van der Waals surface area contributed by atoms with Crippen LogP contribution in [0.15, 0.2) is 29.6 Å². The number of carboxylic acids is 1. The number of halogens is 1. The van der Waals surface area contributed by atoms with Crippen LogP contribution in [-0.2, 0) is 15.0 Å². The van der Waals surface area contributed by atoms with Gasteiger partial charge in [0.2, 0.25) is 5.91 Å². The molecule has 2 fully saturated rings. The predicted molar refractivity (Wildman–Crippen MR) is 120 cm³/mol. The van der Waals surface area contributed by atoms with Crippen molar-refractivity contribution in [1.29, 1.82) is 0 Å². The van der Waals surface area contributed by atoms with Crippen molar-refractivity contribution >= 4 is 34.8 Å². The standard InChI is InChI=1S/C23H27ClN2O4S/c24-18-8-4-3-7-16(18)19-13-31-22(26-19)23(11-20(28)29)17(14-5-1-2-6-14)10-9-15(27)12-25-21(23)30/h3-4,7-8,13-15,17,27H,1-2,5-6,9-12H2,(H,25,30)(H,28,29)/t15-,17-,23+/m1/s1. The minimum Gasteiger partial charge on any atom is -0.481 e. The average molecular weight is 463 g/mol. The maximum atomic E-state index is 13.6. The fourth-order valence-electron chi connectivity index (χ4n) is 5.31. The van der Waals surface area contributed by atoms with E-state index >= 15 is 0 Å². The highest BCUT2D eigenvalue weighted by Crippen LogP contribution is 2.50. The Bertz CT molecular complexity index is 959. The van der Waals surface area contributed by atoms with Crippen molar-refractivity contribution in [3.05, 3.63) is 39.7 Å². The van der Waals surface area contributed by atoms with Gasteiger partial charge in [-0.15, -0.1) is 11.3 Å². The molecule has 2 heterocycles. The van der Waals surface area contributed by atoms with Crippen molar-refractivity contribution in [2.45, 2.75) is 56.5 Å². The van der Waals surface area contributed by atoms with Gasteiger partial charge in [-0.05, 0) is 30.7 Å². The second kappa shape index (κ2) is 9.27. The van der Waals surface area contributed by atoms with Crippen molar-refractivity contribution in [2.75, 3.05) is 6.54 Å². The van der Waals surface area contributed by atoms with Crippen molar-refractivity contribution < 1.29 is 19.8 Å². The third-order valence-corrected chi connectivity index (χ3v) is 8.13. The number of carbonyl (C=O) groups is 2. The number of carboxylic acid groups (broad SMARTS) is 1. The molecule has 0 bridgehead atoms. The molecule has 0 radical (unpaired) electrons. The molecule has 166 valence electrons. The molecule has 0 spiro atoms. The third kappa shape index (κ3) is 4.36. The zero-order valence-corrected chi connectivity index (χ0v) is 18.8. The normalized spacial score (nSPS) is 27.5. The maximum Gasteiger partial charge on any atom is 0.304 e. The highest BCUT2D eigenvalue weighted by atomic mass is 35.5. The van der Waals surface area contributed by atoms with Gasteiger partial charge in [0, 0.05) is 22.5 Å². The molecule has 2 aliphatic rings. The topological polar surface area (TPSA) is 99.5 Å². The SMILES string of the molecule is O=C(O)C[C@@]1(c2nc(-c3ccccc3Cl)cs2)C(=O)NC[C@H](O)CC[C@@H]1C1CCCC1.